The molecule has 0 bridgehead atoms. The third-order valence-electron chi connectivity index (χ3n) is 3.98. The second-order valence-electron chi connectivity index (χ2n) is 6.05. The first-order valence-corrected chi connectivity index (χ1v) is 8.67. The number of rotatable bonds is 7. The van der Waals surface area contributed by atoms with Crippen LogP contribution in [0.15, 0.2) is 59.6 Å². The predicted octanol–water partition coefficient (Wildman–Crippen LogP) is 1.95. The Bertz CT molecular complexity index is 794. The van der Waals surface area contributed by atoms with Gasteiger partial charge in [0.1, 0.15) is 0 Å². The summed E-state index contributed by atoms with van der Waals surface area (Å²) in [6.45, 7) is 2.45. The van der Waals surface area contributed by atoms with Gasteiger partial charge in [0, 0.05) is 19.2 Å². The molecule has 0 saturated heterocycles. The van der Waals surface area contributed by atoms with Crippen molar-refractivity contribution in [1.29, 1.82) is 0 Å². The second-order valence-corrected chi connectivity index (χ2v) is 6.05. The molecule has 0 saturated carbocycles. The Morgan fingerprint density at radius 3 is 2.25 bits per heavy atom. The van der Waals surface area contributed by atoms with Gasteiger partial charge >= 0.3 is 0 Å². The molecule has 0 spiro atoms. The van der Waals surface area contributed by atoms with Gasteiger partial charge in [-0.25, -0.2) is 0 Å². The van der Waals surface area contributed by atoms with Crippen LogP contribution in [0.3, 0.4) is 0 Å². The Balaban J connectivity index is 0.00000392. The Kier molecular flexibility index (Phi) is 10.0. The summed E-state index contributed by atoms with van der Waals surface area (Å²) in [5, 5.41) is 9.05. The first-order chi connectivity index (χ1) is 13.0. The number of aliphatic imine (C=N–C) groups is 1. The van der Waals surface area contributed by atoms with Gasteiger partial charge in [0.05, 0.1) is 12.6 Å². The quantitative estimate of drug-likeness (QED) is 0.268. The van der Waals surface area contributed by atoms with E-state index >= 15 is 0 Å². The summed E-state index contributed by atoms with van der Waals surface area (Å²) in [4.78, 5) is 26.8. The second kappa shape index (κ2) is 12.0. The summed E-state index contributed by atoms with van der Waals surface area (Å²) in [5.41, 5.74) is 7.66. The summed E-state index contributed by atoms with van der Waals surface area (Å²) in [7, 11) is 1.72. The zero-order valence-electron chi connectivity index (χ0n) is 15.9. The van der Waals surface area contributed by atoms with Crippen LogP contribution in [0.4, 0.5) is 0 Å². The molecule has 28 heavy (non-hydrogen) atoms. The van der Waals surface area contributed by atoms with Crippen molar-refractivity contribution >= 4 is 41.8 Å². The zero-order chi connectivity index (χ0) is 19.6. The van der Waals surface area contributed by atoms with Crippen LogP contribution in [0.2, 0.25) is 0 Å². The lowest BCUT2D eigenvalue weighted by molar-refractivity contribution is -0.117. The van der Waals surface area contributed by atoms with E-state index in [9.17, 15) is 9.59 Å². The number of halogens is 1. The van der Waals surface area contributed by atoms with Crippen molar-refractivity contribution < 1.29 is 9.59 Å². The average Bonchev–Trinajstić information content (AvgIpc) is 2.70. The lowest BCUT2D eigenvalue weighted by atomic mass is 10.1. The molecular weight excluding hydrogens is 469 g/mol. The van der Waals surface area contributed by atoms with E-state index in [1.165, 1.54) is 5.56 Å². The van der Waals surface area contributed by atoms with Crippen molar-refractivity contribution in [3.05, 3.63) is 71.3 Å². The number of hydrogen-bond donors (Lipinski definition) is 4. The molecule has 150 valence electrons. The van der Waals surface area contributed by atoms with Crippen LogP contribution in [0.25, 0.3) is 0 Å². The molecular formula is C20H26IN5O2. The van der Waals surface area contributed by atoms with Gasteiger partial charge < -0.3 is 21.7 Å². The van der Waals surface area contributed by atoms with E-state index in [2.05, 4.69) is 40.0 Å². The Hall–Kier alpha value is -2.62. The van der Waals surface area contributed by atoms with E-state index < -0.39 is 5.91 Å². The number of amides is 2. The molecule has 2 amide bonds. The molecule has 0 radical (unpaired) electrons. The maximum Gasteiger partial charge on any atom is 0.251 e. The van der Waals surface area contributed by atoms with Gasteiger partial charge in [0.2, 0.25) is 5.91 Å². The number of carbonyl (C=O) groups is 2. The Labute approximate surface area is 182 Å². The van der Waals surface area contributed by atoms with E-state index in [4.69, 9.17) is 5.73 Å². The van der Waals surface area contributed by atoms with E-state index in [0.29, 0.717) is 18.1 Å². The van der Waals surface area contributed by atoms with Gasteiger partial charge in [0.15, 0.2) is 5.96 Å². The van der Waals surface area contributed by atoms with Crippen LogP contribution in [-0.4, -0.2) is 31.4 Å². The van der Waals surface area contributed by atoms with E-state index in [1.54, 1.807) is 19.2 Å². The molecule has 0 aliphatic rings. The van der Waals surface area contributed by atoms with Crippen LogP contribution in [0.5, 0.6) is 0 Å². The van der Waals surface area contributed by atoms with Gasteiger partial charge in [-0.3, -0.25) is 14.6 Å². The average molecular weight is 495 g/mol. The van der Waals surface area contributed by atoms with Gasteiger partial charge in [0.25, 0.3) is 5.91 Å². The van der Waals surface area contributed by atoms with Crippen molar-refractivity contribution in [3.8, 4) is 0 Å². The first-order valence-electron chi connectivity index (χ1n) is 8.67. The fourth-order valence-corrected chi connectivity index (χ4v) is 2.45. The third kappa shape index (κ3) is 7.55. The maximum atomic E-state index is 11.9. The highest BCUT2D eigenvalue weighted by Crippen LogP contribution is 2.11. The third-order valence-corrected chi connectivity index (χ3v) is 3.98. The minimum absolute atomic E-state index is 0. The number of nitrogens with one attached hydrogen (secondary N) is 3. The predicted molar refractivity (Wildman–Crippen MR) is 122 cm³/mol. The monoisotopic (exact) mass is 495 g/mol. The molecule has 1 atom stereocenters. The van der Waals surface area contributed by atoms with Crippen molar-refractivity contribution in [2.45, 2.75) is 19.5 Å². The van der Waals surface area contributed by atoms with Gasteiger partial charge in [-0.15, -0.1) is 24.0 Å². The number of nitrogens with zero attached hydrogens (tertiary/aromatic N) is 1. The molecule has 2 aromatic rings. The summed E-state index contributed by atoms with van der Waals surface area (Å²) < 4.78 is 0. The highest BCUT2D eigenvalue weighted by Gasteiger charge is 2.08. The standard InChI is InChI=1S/C20H25N5O2.HI/c1-14(16-6-4-3-5-7-16)25-20(22-2)24-12-15-8-10-17(11-9-15)19(27)23-13-18(21)26;/h3-11,14H,12-13H2,1-2H3,(H2,21,26)(H,23,27)(H2,22,24,25);1H. The van der Waals surface area contributed by atoms with Gasteiger partial charge in [-0.2, -0.15) is 0 Å². The van der Waals surface area contributed by atoms with Crippen LogP contribution >= 0.6 is 24.0 Å². The topological polar surface area (TPSA) is 109 Å². The summed E-state index contributed by atoms with van der Waals surface area (Å²) in [5.74, 6) is -0.218. The smallest absolute Gasteiger partial charge is 0.251 e. The summed E-state index contributed by atoms with van der Waals surface area (Å²) in [6.07, 6.45) is 0. The largest absolute Gasteiger partial charge is 0.368 e. The number of benzene rings is 2. The van der Waals surface area contributed by atoms with Crippen LogP contribution < -0.4 is 21.7 Å². The highest BCUT2D eigenvalue weighted by molar-refractivity contribution is 14.0. The number of carbonyl (C=O) groups excluding carboxylic acids is 2. The summed E-state index contributed by atoms with van der Waals surface area (Å²) in [6, 6.07) is 17.3. The first kappa shape index (κ1) is 23.4. The molecule has 0 fully saturated rings. The lowest BCUT2D eigenvalue weighted by Gasteiger charge is -2.18. The molecule has 1 unspecified atom stereocenters. The van der Waals surface area contributed by atoms with E-state index in [0.717, 1.165) is 5.56 Å². The Morgan fingerprint density at radius 2 is 1.68 bits per heavy atom. The van der Waals surface area contributed by atoms with Crippen molar-refractivity contribution in [2.75, 3.05) is 13.6 Å². The molecule has 2 aromatic carbocycles. The number of guanidine groups is 1. The molecule has 0 aromatic heterocycles. The lowest BCUT2D eigenvalue weighted by Crippen LogP contribution is -2.38. The molecule has 0 aliphatic heterocycles. The van der Waals surface area contributed by atoms with Crippen molar-refractivity contribution in [2.24, 2.45) is 10.7 Å². The van der Waals surface area contributed by atoms with Gasteiger partial charge in [-0.1, -0.05) is 42.5 Å². The Morgan fingerprint density at radius 1 is 1.04 bits per heavy atom. The van der Waals surface area contributed by atoms with Crippen molar-refractivity contribution in [1.82, 2.24) is 16.0 Å². The van der Waals surface area contributed by atoms with Crippen LogP contribution in [0, 0.1) is 0 Å². The highest BCUT2D eigenvalue weighted by atomic mass is 127. The maximum absolute atomic E-state index is 11.9. The number of nitrogens with two attached hydrogens (primary N) is 1. The summed E-state index contributed by atoms with van der Waals surface area (Å²) >= 11 is 0. The molecule has 5 N–H and O–H groups in total. The van der Waals surface area contributed by atoms with Crippen LogP contribution in [0.1, 0.15) is 34.5 Å². The molecule has 8 heteroatoms. The normalized spacial score (nSPS) is 11.7. The molecule has 7 nitrogen and oxygen atoms in total. The molecule has 0 heterocycles. The van der Waals surface area contributed by atoms with Crippen molar-refractivity contribution in [3.63, 3.8) is 0 Å². The van der Waals surface area contributed by atoms with Gasteiger partial charge in [-0.05, 0) is 30.2 Å². The minimum Gasteiger partial charge on any atom is -0.368 e. The minimum atomic E-state index is -0.576. The SMILES string of the molecule is CN=C(NCc1ccc(C(=O)NCC(N)=O)cc1)NC(C)c1ccccc1.I. The van der Waals surface area contributed by atoms with E-state index in [1.807, 2.05) is 30.3 Å². The fourth-order valence-electron chi connectivity index (χ4n) is 2.45. The molecule has 2 rings (SSSR count). The molecule has 0 aliphatic carbocycles. The number of primary amides is 1. The number of hydrogen-bond acceptors (Lipinski definition) is 3. The zero-order valence-corrected chi connectivity index (χ0v) is 18.3. The van der Waals surface area contributed by atoms with Crippen LogP contribution in [-0.2, 0) is 11.3 Å². The van der Waals surface area contributed by atoms with E-state index in [-0.39, 0.29) is 42.5 Å². The fraction of sp³-hybridized carbons (Fsp3) is 0.250.